The lowest BCUT2D eigenvalue weighted by molar-refractivity contribution is -0.142. The first kappa shape index (κ1) is 15.1. The fraction of sp³-hybridized carbons (Fsp3) is 0.467. The zero-order valence-electron chi connectivity index (χ0n) is 12.3. The number of methoxy groups -OCH3 is 1. The Morgan fingerprint density at radius 3 is 3.00 bits per heavy atom. The molecule has 1 aliphatic heterocycles. The van der Waals surface area contributed by atoms with Crippen LogP contribution in [0, 0.1) is 0 Å². The van der Waals surface area contributed by atoms with Crippen LogP contribution in [0.15, 0.2) is 18.2 Å². The lowest BCUT2D eigenvalue weighted by Gasteiger charge is -2.27. The minimum absolute atomic E-state index is 0.124. The molecule has 1 fully saturated rings. The number of alkyl halides is 1. The highest BCUT2D eigenvalue weighted by atomic mass is 35.5. The Morgan fingerprint density at radius 2 is 2.36 bits per heavy atom. The summed E-state index contributed by atoms with van der Waals surface area (Å²) < 4.78 is 17.5. The number of ether oxygens (including phenoxy) is 3. The Hall–Kier alpha value is -1.79. The van der Waals surface area contributed by atoms with Crippen LogP contribution in [0.25, 0.3) is 11.0 Å². The predicted octanol–water partition coefficient (Wildman–Crippen LogP) is 2.12. The zero-order valence-corrected chi connectivity index (χ0v) is 13.0. The normalized spacial score (nSPS) is 17.3. The van der Waals surface area contributed by atoms with Gasteiger partial charge in [-0.1, -0.05) is 0 Å². The van der Waals surface area contributed by atoms with Gasteiger partial charge >= 0.3 is 5.97 Å². The molecule has 0 spiro atoms. The molecule has 1 atom stereocenters. The topological polar surface area (TPSA) is 62.6 Å². The molecule has 1 saturated heterocycles. The third-order valence-corrected chi connectivity index (χ3v) is 3.92. The number of aromatic nitrogens is 2. The van der Waals surface area contributed by atoms with Gasteiger partial charge in [-0.05, 0) is 18.6 Å². The largest absolute Gasteiger partial charge is 0.482 e. The molecule has 1 aliphatic rings. The van der Waals surface area contributed by atoms with Crippen molar-refractivity contribution in [2.24, 2.45) is 0 Å². The molecule has 118 valence electrons. The van der Waals surface area contributed by atoms with E-state index in [1.54, 1.807) is 6.07 Å². The van der Waals surface area contributed by atoms with Crippen molar-refractivity contribution in [3.63, 3.8) is 0 Å². The molecule has 6 nitrogen and oxygen atoms in total. The average Bonchev–Trinajstić information content (AvgIpc) is 2.85. The summed E-state index contributed by atoms with van der Waals surface area (Å²) in [5, 5.41) is 0. The van der Waals surface area contributed by atoms with Gasteiger partial charge in [0.1, 0.15) is 11.6 Å². The van der Waals surface area contributed by atoms with E-state index in [2.05, 4.69) is 14.3 Å². The number of hydrogen-bond donors (Lipinski definition) is 0. The Kier molecular flexibility index (Phi) is 4.49. The maximum atomic E-state index is 11.1. The summed E-state index contributed by atoms with van der Waals surface area (Å²) in [6.07, 6.45) is 1.29. The summed E-state index contributed by atoms with van der Waals surface area (Å²) in [4.78, 5) is 15.6. The van der Waals surface area contributed by atoms with Gasteiger partial charge in [0.05, 0.1) is 36.7 Å². The number of esters is 1. The second-order valence-corrected chi connectivity index (χ2v) is 5.34. The molecule has 2 heterocycles. The third kappa shape index (κ3) is 3.03. The van der Waals surface area contributed by atoms with Gasteiger partial charge in [-0.3, -0.25) is 0 Å². The van der Waals surface area contributed by atoms with Crippen LogP contribution in [0.1, 0.15) is 12.2 Å². The van der Waals surface area contributed by atoms with Crippen molar-refractivity contribution >= 4 is 28.6 Å². The first-order chi connectivity index (χ1) is 10.7. The van der Waals surface area contributed by atoms with Gasteiger partial charge in [-0.2, -0.15) is 0 Å². The number of fused-ring (bicyclic) bond motifs is 1. The zero-order chi connectivity index (χ0) is 15.5. The molecule has 0 bridgehead atoms. The number of halogens is 1. The van der Waals surface area contributed by atoms with E-state index in [9.17, 15) is 4.79 Å². The highest BCUT2D eigenvalue weighted by Gasteiger charge is 2.21. The lowest BCUT2D eigenvalue weighted by atomic mass is 10.2. The average molecular weight is 325 g/mol. The van der Waals surface area contributed by atoms with Crippen LogP contribution >= 0.6 is 11.6 Å². The Bertz CT molecular complexity index is 681. The van der Waals surface area contributed by atoms with Crippen molar-refractivity contribution in [2.45, 2.75) is 24.9 Å². The fourth-order valence-electron chi connectivity index (χ4n) is 2.39. The Morgan fingerprint density at radius 1 is 1.55 bits per heavy atom. The molecular weight excluding hydrogens is 308 g/mol. The number of rotatable bonds is 6. The van der Waals surface area contributed by atoms with Crippen LogP contribution in [0.5, 0.6) is 5.75 Å². The number of benzene rings is 1. The van der Waals surface area contributed by atoms with Crippen LogP contribution in [-0.4, -0.2) is 41.9 Å². The van der Waals surface area contributed by atoms with Gasteiger partial charge in [-0.25, -0.2) is 9.78 Å². The van der Waals surface area contributed by atoms with Crippen LogP contribution < -0.4 is 4.74 Å². The number of carbonyl (C=O) groups is 1. The molecule has 1 aromatic heterocycles. The molecule has 0 unspecified atom stereocenters. The Balaban J connectivity index is 1.84. The van der Waals surface area contributed by atoms with Crippen molar-refractivity contribution in [1.29, 1.82) is 0 Å². The summed E-state index contributed by atoms with van der Waals surface area (Å²) in [5.41, 5.74) is 1.77. The molecule has 7 heteroatoms. The van der Waals surface area contributed by atoms with E-state index in [4.69, 9.17) is 21.1 Å². The maximum absolute atomic E-state index is 11.1. The molecule has 0 radical (unpaired) electrons. The monoisotopic (exact) mass is 324 g/mol. The summed E-state index contributed by atoms with van der Waals surface area (Å²) >= 11 is 5.99. The van der Waals surface area contributed by atoms with E-state index >= 15 is 0 Å². The van der Waals surface area contributed by atoms with E-state index in [0.717, 1.165) is 36.4 Å². The second-order valence-electron chi connectivity index (χ2n) is 5.07. The van der Waals surface area contributed by atoms with E-state index in [-0.39, 0.29) is 12.7 Å². The van der Waals surface area contributed by atoms with E-state index in [1.807, 2.05) is 12.1 Å². The smallest absolute Gasteiger partial charge is 0.343 e. The molecule has 1 aromatic carbocycles. The summed E-state index contributed by atoms with van der Waals surface area (Å²) in [7, 11) is 1.33. The first-order valence-corrected chi connectivity index (χ1v) is 7.61. The first-order valence-electron chi connectivity index (χ1n) is 7.07. The van der Waals surface area contributed by atoms with Crippen LogP contribution in [0.2, 0.25) is 0 Å². The number of hydrogen-bond acceptors (Lipinski definition) is 5. The van der Waals surface area contributed by atoms with Crippen molar-refractivity contribution < 1.29 is 19.0 Å². The van der Waals surface area contributed by atoms with Gasteiger partial charge in [0.15, 0.2) is 6.61 Å². The van der Waals surface area contributed by atoms with Crippen LogP contribution in [-0.2, 0) is 26.7 Å². The molecule has 2 aromatic rings. The van der Waals surface area contributed by atoms with Crippen LogP contribution in [0.3, 0.4) is 0 Å². The standard InChI is InChI=1S/C15H17ClN2O4/c1-20-15(19)9-22-10-2-3-13-12(6-10)17-14(7-16)18(13)8-11-4-5-21-11/h2-3,6,11H,4-5,7-9H2,1H3/t11-/m0/s1. The van der Waals surface area contributed by atoms with Crippen molar-refractivity contribution in [2.75, 3.05) is 20.3 Å². The summed E-state index contributed by atoms with van der Waals surface area (Å²) in [6, 6.07) is 5.53. The van der Waals surface area contributed by atoms with Crippen molar-refractivity contribution in [3.05, 3.63) is 24.0 Å². The maximum Gasteiger partial charge on any atom is 0.343 e. The molecular formula is C15H17ClN2O4. The molecule has 0 amide bonds. The summed E-state index contributed by atoms with van der Waals surface area (Å²) in [6.45, 7) is 1.45. The van der Waals surface area contributed by atoms with Gasteiger partial charge in [0.25, 0.3) is 0 Å². The van der Waals surface area contributed by atoms with Gasteiger partial charge in [-0.15, -0.1) is 11.6 Å². The number of nitrogens with zero attached hydrogens (tertiary/aromatic N) is 2. The SMILES string of the molecule is COC(=O)COc1ccc2c(c1)nc(CCl)n2C[C@@H]1CCO1. The third-order valence-electron chi connectivity index (χ3n) is 3.68. The van der Waals surface area contributed by atoms with E-state index < -0.39 is 5.97 Å². The van der Waals surface area contributed by atoms with E-state index in [0.29, 0.717) is 11.6 Å². The van der Waals surface area contributed by atoms with Gasteiger partial charge < -0.3 is 18.8 Å². The van der Waals surface area contributed by atoms with Crippen molar-refractivity contribution in [3.8, 4) is 5.75 Å². The van der Waals surface area contributed by atoms with Gasteiger partial charge in [0.2, 0.25) is 0 Å². The Labute approximate surface area is 132 Å². The quantitative estimate of drug-likeness (QED) is 0.601. The summed E-state index contributed by atoms with van der Waals surface area (Å²) in [5.74, 6) is 1.29. The lowest BCUT2D eigenvalue weighted by Crippen LogP contribution is -2.31. The second kappa shape index (κ2) is 6.54. The fourth-order valence-corrected chi connectivity index (χ4v) is 2.59. The highest BCUT2D eigenvalue weighted by Crippen LogP contribution is 2.25. The minimum atomic E-state index is -0.422. The molecule has 0 saturated carbocycles. The number of carbonyl (C=O) groups excluding carboxylic acids is 1. The molecule has 3 rings (SSSR count). The highest BCUT2D eigenvalue weighted by molar-refractivity contribution is 6.16. The number of imidazole rings is 1. The molecule has 22 heavy (non-hydrogen) atoms. The molecule has 0 aliphatic carbocycles. The minimum Gasteiger partial charge on any atom is -0.482 e. The predicted molar refractivity (Wildman–Crippen MR) is 81.2 cm³/mol. The van der Waals surface area contributed by atoms with Crippen molar-refractivity contribution in [1.82, 2.24) is 9.55 Å². The molecule has 0 N–H and O–H groups in total. The van der Waals surface area contributed by atoms with Gasteiger partial charge in [0, 0.05) is 12.7 Å². The van der Waals surface area contributed by atoms with Crippen LogP contribution in [0.4, 0.5) is 0 Å². The van der Waals surface area contributed by atoms with E-state index in [1.165, 1.54) is 7.11 Å².